The standard InChI is InChI=1S/C28H28N2O5/c1-3-8-24(26(31)29-25-15-18(27(32)33)14-13-17(25)2)30-28(34)35-16-23-21-11-6-4-9-19(21)20-10-5-7-12-22(20)23/h4-7,9-15,23-24H,3,8,16H2,1-2H3,(H,29,31)(H,30,34)(H,32,33). The quantitative estimate of drug-likeness (QED) is 0.411. The van der Waals surface area contributed by atoms with E-state index in [2.05, 4.69) is 22.8 Å². The van der Waals surface area contributed by atoms with Crippen molar-refractivity contribution in [1.29, 1.82) is 0 Å². The highest BCUT2D eigenvalue weighted by molar-refractivity contribution is 5.98. The first-order chi connectivity index (χ1) is 16.9. The van der Waals surface area contributed by atoms with Gasteiger partial charge in [0.25, 0.3) is 0 Å². The zero-order chi connectivity index (χ0) is 24.9. The molecule has 1 atom stereocenters. The van der Waals surface area contributed by atoms with Gasteiger partial charge >= 0.3 is 12.1 Å². The molecule has 0 spiro atoms. The normalized spacial score (nSPS) is 12.9. The molecule has 0 bridgehead atoms. The molecule has 0 radical (unpaired) electrons. The number of benzene rings is 3. The van der Waals surface area contributed by atoms with E-state index in [1.165, 1.54) is 12.1 Å². The summed E-state index contributed by atoms with van der Waals surface area (Å²) in [7, 11) is 0. The summed E-state index contributed by atoms with van der Waals surface area (Å²) in [5.41, 5.74) is 5.68. The fraction of sp³-hybridized carbons (Fsp3) is 0.250. The Bertz CT molecular complexity index is 1220. The Hall–Kier alpha value is -4.13. The van der Waals surface area contributed by atoms with Crippen molar-refractivity contribution in [3.8, 4) is 11.1 Å². The molecule has 2 amide bonds. The first-order valence-corrected chi connectivity index (χ1v) is 11.6. The van der Waals surface area contributed by atoms with E-state index in [1.807, 2.05) is 43.3 Å². The van der Waals surface area contributed by atoms with Crippen LogP contribution in [-0.4, -0.2) is 35.7 Å². The lowest BCUT2D eigenvalue weighted by Gasteiger charge is -2.20. The molecule has 0 aromatic heterocycles. The first kappa shape index (κ1) is 24.0. The molecule has 0 heterocycles. The second-order valence-corrected chi connectivity index (χ2v) is 8.64. The number of carbonyl (C=O) groups is 3. The minimum Gasteiger partial charge on any atom is -0.478 e. The Kier molecular flexibility index (Phi) is 7.15. The molecular formula is C28H28N2O5. The number of carboxylic acids is 1. The van der Waals surface area contributed by atoms with Crippen LogP contribution in [0.25, 0.3) is 11.1 Å². The predicted octanol–water partition coefficient (Wildman–Crippen LogP) is 5.34. The average Bonchev–Trinajstić information content (AvgIpc) is 3.17. The second kappa shape index (κ2) is 10.4. The van der Waals surface area contributed by atoms with Crippen molar-refractivity contribution in [3.63, 3.8) is 0 Å². The van der Waals surface area contributed by atoms with Crippen LogP contribution in [0.1, 0.15) is 52.7 Å². The smallest absolute Gasteiger partial charge is 0.407 e. The van der Waals surface area contributed by atoms with Crippen molar-refractivity contribution < 1.29 is 24.2 Å². The number of rotatable bonds is 8. The zero-order valence-corrected chi connectivity index (χ0v) is 19.7. The number of anilines is 1. The van der Waals surface area contributed by atoms with Crippen molar-refractivity contribution in [3.05, 3.63) is 89.0 Å². The molecule has 1 aliphatic rings. The maximum absolute atomic E-state index is 12.9. The number of fused-ring (bicyclic) bond motifs is 3. The largest absolute Gasteiger partial charge is 0.478 e. The molecule has 0 saturated carbocycles. The number of nitrogens with one attached hydrogen (secondary N) is 2. The monoisotopic (exact) mass is 472 g/mol. The van der Waals surface area contributed by atoms with Crippen LogP contribution in [0, 0.1) is 6.92 Å². The van der Waals surface area contributed by atoms with E-state index in [-0.39, 0.29) is 18.1 Å². The van der Waals surface area contributed by atoms with Gasteiger partial charge < -0.3 is 20.5 Å². The van der Waals surface area contributed by atoms with Crippen LogP contribution in [0.3, 0.4) is 0 Å². The lowest BCUT2D eigenvalue weighted by molar-refractivity contribution is -0.118. The van der Waals surface area contributed by atoms with Gasteiger partial charge in [0.05, 0.1) is 5.56 Å². The molecule has 3 aromatic rings. The molecule has 0 saturated heterocycles. The van der Waals surface area contributed by atoms with Crippen molar-refractivity contribution >= 4 is 23.7 Å². The van der Waals surface area contributed by atoms with Crippen molar-refractivity contribution in [2.45, 2.75) is 38.6 Å². The molecule has 35 heavy (non-hydrogen) atoms. The summed E-state index contributed by atoms with van der Waals surface area (Å²) in [6, 6.07) is 19.9. The number of aryl methyl sites for hydroxylation is 1. The molecule has 0 fully saturated rings. The number of aromatic carboxylic acids is 1. The van der Waals surface area contributed by atoms with Crippen LogP contribution in [0.15, 0.2) is 66.7 Å². The molecular weight excluding hydrogens is 444 g/mol. The third-order valence-electron chi connectivity index (χ3n) is 6.27. The summed E-state index contributed by atoms with van der Waals surface area (Å²) in [5, 5.41) is 14.7. The van der Waals surface area contributed by atoms with E-state index in [0.717, 1.165) is 27.8 Å². The van der Waals surface area contributed by atoms with Gasteiger partial charge in [-0.05, 0) is 53.3 Å². The maximum atomic E-state index is 12.9. The molecule has 1 aliphatic carbocycles. The highest BCUT2D eigenvalue weighted by atomic mass is 16.5. The summed E-state index contributed by atoms with van der Waals surface area (Å²) in [6.07, 6.45) is 0.403. The summed E-state index contributed by atoms with van der Waals surface area (Å²) in [6.45, 7) is 3.84. The fourth-order valence-corrected chi connectivity index (χ4v) is 4.45. The molecule has 3 aromatic carbocycles. The topological polar surface area (TPSA) is 105 Å². The van der Waals surface area contributed by atoms with Gasteiger partial charge in [-0.15, -0.1) is 0 Å². The summed E-state index contributed by atoms with van der Waals surface area (Å²) in [5.74, 6) is -1.58. The second-order valence-electron chi connectivity index (χ2n) is 8.64. The van der Waals surface area contributed by atoms with Crippen LogP contribution in [0.5, 0.6) is 0 Å². The fourth-order valence-electron chi connectivity index (χ4n) is 4.45. The molecule has 7 heteroatoms. The summed E-state index contributed by atoms with van der Waals surface area (Å²) < 4.78 is 5.58. The Balaban J connectivity index is 1.42. The van der Waals surface area contributed by atoms with Gasteiger partial charge in [-0.2, -0.15) is 0 Å². The summed E-state index contributed by atoms with van der Waals surface area (Å²) in [4.78, 5) is 36.9. The van der Waals surface area contributed by atoms with Gasteiger partial charge in [0.1, 0.15) is 12.6 Å². The zero-order valence-electron chi connectivity index (χ0n) is 19.7. The van der Waals surface area contributed by atoms with E-state index in [9.17, 15) is 19.5 Å². The van der Waals surface area contributed by atoms with Gasteiger partial charge in [-0.1, -0.05) is 67.9 Å². The lowest BCUT2D eigenvalue weighted by Crippen LogP contribution is -2.44. The third-order valence-corrected chi connectivity index (χ3v) is 6.27. The lowest BCUT2D eigenvalue weighted by atomic mass is 9.98. The van der Waals surface area contributed by atoms with E-state index < -0.39 is 24.0 Å². The van der Waals surface area contributed by atoms with Crippen LogP contribution >= 0.6 is 0 Å². The Morgan fingerprint density at radius 1 is 0.971 bits per heavy atom. The van der Waals surface area contributed by atoms with Gasteiger partial charge in [0.2, 0.25) is 5.91 Å². The summed E-state index contributed by atoms with van der Waals surface area (Å²) >= 11 is 0. The highest BCUT2D eigenvalue weighted by Gasteiger charge is 2.29. The van der Waals surface area contributed by atoms with Gasteiger partial charge in [-0.25, -0.2) is 9.59 Å². The Labute approximate surface area is 204 Å². The molecule has 7 nitrogen and oxygen atoms in total. The van der Waals surface area contributed by atoms with E-state index in [1.54, 1.807) is 13.0 Å². The van der Waals surface area contributed by atoms with Crippen LogP contribution < -0.4 is 10.6 Å². The van der Waals surface area contributed by atoms with Crippen LogP contribution in [-0.2, 0) is 9.53 Å². The number of ether oxygens (including phenoxy) is 1. The van der Waals surface area contributed by atoms with Crippen molar-refractivity contribution in [2.24, 2.45) is 0 Å². The van der Waals surface area contributed by atoms with Gasteiger partial charge in [0, 0.05) is 11.6 Å². The third kappa shape index (κ3) is 5.19. The molecule has 3 N–H and O–H groups in total. The van der Waals surface area contributed by atoms with E-state index >= 15 is 0 Å². The number of carbonyl (C=O) groups excluding carboxylic acids is 2. The highest BCUT2D eigenvalue weighted by Crippen LogP contribution is 2.44. The molecule has 1 unspecified atom stereocenters. The van der Waals surface area contributed by atoms with Gasteiger partial charge in [0.15, 0.2) is 0 Å². The van der Waals surface area contributed by atoms with Crippen molar-refractivity contribution in [1.82, 2.24) is 5.32 Å². The minimum absolute atomic E-state index is 0.0717. The average molecular weight is 473 g/mol. The van der Waals surface area contributed by atoms with Crippen LogP contribution in [0.2, 0.25) is 0 Å². The Morgan fingerprint density at radius 3 is 2.20 bits per heavy atom. The predicted molar refractivity (Wildman–Crippen MR) is 134 cm³/mol. The van der Waals surface area contributed by atoms with Crippen molar-refractivity contribution in [2.75, 3.05) is 11.9 Å². The number of carboxylic acid groups (broad SMARTS) is 1. The number of amides is 2. The molecule has 4 rings (SSSR count). The SMILES string of the molecule is CCCC(NC(=O)OCC1c2ccccc2-c2ccccc21)C(=O)Nc1cc(C(=O)O)ccc1C. The van der Waals surface area contributed by atoms with E-state index in [0.29, 0.717) is 18.5 Å². The number of hydrogen-bond acceptors (Lipinski definition) is 4. The molecule has 0 aliphatic heterocycles. The number of alkyl carbamates (subject to hydrolysis) is 1. The van der Waals surface area contributed by atoms with E-state index in [4.69, 9.17) is 4.74 Å². The minimum atomic E-state index is -1.08. The Morgan fingerprint density at radius 2 is 1.60 bits per heavy atom. The van der Waals surface area contributed by atoms with Crippen LogP contribution in [0.4, 0.5) is 10.5 Å². The number of hydrogen-bond donors (Lipinski definition) is 3. The first-order valence-electron chi connectivity index (χ1n) is 11.6. The molecule has 180 valence electrons. The maximum Gasteiger partial charge on any atom is 0.407 e. The van der Waals surface area contributed by atoms with Gasteiger partial charge in [-0.3, -0.25) is 4.79 Å².